The first-order chi connectivity index (χ1) is 8.15. The van der Waals surface area contributed by atoms with Crippen LogP contribution in [0.1, 0.15) is 12.5 Å². The number of ether oxygens (including phenoxy) is 1. The average Bonchev–Trinajstić information content (AvgIpc) is 2.36. The molecule has 0 aliphatic rings. The zero-order chi connectivity index (χ0) is 12.7. The van der Waals surface area contributed by atoms with Gasteiger partial charge in [-0.05, 0) is 12.5 Å². The van der Waals surface area contributed by atoms with Gasteiger partial charge in [-0.3, -0.25) is 0 Å². The fourth-order valence-corrected chi connectivity index (χ4v) is 1.26. The summed E-state index contributed by atoms with van der Waals surface area (Å²) in [6, 6.07) is 9.37. The number of benzene rings is 1. The molecular weight excluding hydrogens is 216 g/mol. The number of amides is 1. The van der Waals surface area contributed by atoms with Gasteiger partial charge in [-0.1, -0.05) is 30.3 Å². The van der Waals surface area contributed by atoms with E-state index in [9.17, 15) is 4.79 Å². The molecule has 1 aromatic rings. The monoisotopic (exact) mass is 232 g/mol. The Morgan fingerprint density at radius 1 is 1.47 bits per heavy atom. The van der Waals surface area contributed by atoms with E-state index in [1.807, 2.05) is 37.3 Å². The highest BCUT2D eigenvalue weighted by Gasteiger charge is 2.18. The fourth-order valence-electron chi connectivity index (χ4n) is 1.26. The summed E-state index contributed by atoms with van der Waals surface area (Å²) in [6.07, 6.45) is -0.398. The molecular formula is C13H16N2O2. The van der Waals surface area contributed by atoms with E-state index in [0.717, 1.165) is 5.56 Å². The van der Waals surface area contributed by atoms with Gasteiger partial charge in [0.1, 0.15) is 12.6 Å². The summed E-state index contributed by atoms with van der Waals surface area (Å²) in [7, 11) is 1.64. The Labute approximate surface area is 102 Å². The summed E-state index contributed by atoms with van der Waals surface area (Å²) in [6.45, 7) is 9.12. The van der Waals surface area contributed by atoms with Crippen LogP contribution in [-0.4, -0.2) is 30.6 Å². The quantitative estimate of drug-likeness (QED) is 0.748. The van der Waals surface area contributed by atoms with Gasteiger partial charge in [-0.15, -0.1) is 0 Å². The SMILES string of the molecule is [C-]#[N+]CC(C)N(C)C(=O)OCc1ccccc1. The van der Waals surface area contributed by atoms with Gasteiger partial charge < -0.3 is 14.5 Å². The van der Waals surface area contributed by atoms with Gasteiger partial charge in [0, 0.05) is 7.05 Å². The third-order valence-electron chi connectivity index (χ3n) is 2.51. The molecule has 17 heavy (non-hydrogen) atoms. The second kappa shape index (κ2) is 6.54. The van der Waals surface area contributed by atoms with Crippen LogP contribution in [0.5, 0.6) is 0 Å². The summed E-state index contributed by atoms with van der Waals surface area (Å²) in [5.41, 5.74) is 0.951. The Bertz CT molecular complexity index is 398. The number of hydrogen-bond acceptors (Lipinski definition) is 2. The van der Waals surface area contributed by atoms with Crippen molar-refractivity contribution in [3.8, 4) is 0 Å². The molecule has 0 saturated carbocycles. The van der Waals surface area contributed by atoms with E-state index in [1.165, 1.54) is 4.90 Å². The molecule has 0 bridgehead atoms. The first-order valence-electron chi connectivity index (χ1n) is 5.42. The molecule has 1 unspecified atom stereocenters. The number of likely N-dealkylation sites (N-methyl/N-ethyl adjacent to an activating group) is 1. The van der Waals surface area contributed by atoms with Crippen LogP contribution in [0.4, 0.5) is 4.79 Å². The van der Waals surface area contributed by atoms with Crippen molar-refractivity contribution >= 4 is 6.09 Å². The van der Waals surface area contributed by atoms with Crippen molar-refractivity contribution < 1.29 is 9.53 Å². The number of rotatable bonds is 4. The summed E-state index contributed by atoms with van der Waals surface area (Å²) in [5, 5.41) is 0. The number of hydrogen-bond donors (Lipinski definition) is 0. The first-order valence-corrected chi connectivity index (χ1v) is 5.42. The van der Waals surface area contributed by atoms with Crippen LogP contribution >= 0.6 is 0 Å². The molecule has 0 aliphatic heterocycles. The predicted octanol–water partition coefficient (Wildman–Crippen LogP) is 2.56. The van der Waals surface area contributed by atoms with Crippen molar-refractivity contribution in [1.82, 2.24) is 4.90 Å². The smallest absolute Gasteiger partial charge is 0.410 e. The van der Waals surface area contributed by atoms with E-state index in [0.29, 0.717) is 0 Å². The average molecular weight is 232 g/mol. The molecule has 1 aromatic carbocycles. The molecule has 4 heteroatoms. The zero-order valence-electron chi connectivity index (χ0n) is 10.1. The van der Waals surface area contributed by atoms with Crippen LogP contribution < -0.4 is 0 Å². The van der Waals surface area contributed by atoms with Crippen molar-refractivity contribution in [3.05, 3.63) is 47.3 Å². The molecule has 4 nitrogen and oxygen atoms in total. The Balaban J connectivity index is 2.42. The van der Waals surface area contributed by atoms with E-state index in [4.69, 9.17) is 11.3 Å². The minimum atomic E-state index is -0.398. The molecule has 0 N–H and O–H groups in total. The van der Waals surface area contributed by atoms with Gasteiger partial charge in [0.05, 0.1) is 0 Å². The summed E-state index contributed by atoms with van der Waals surface area (Å²) >= 11 is 0. The molecule has 1 atom stereocenters. The second-order valence-electron chi connectivity index (χ2n) is 3.84. The van der Waals surface area contributed by atoms with Crippen LogP contribution in [-0.2, 0) is 11.3 Å². The third-order valence-corrected chi connectivity index (χ3v) is 2.51. The van der Waals surface area contributed by atoms with Crippen molar-refractivity contribution in [1.29, 1.82) is 0 Å². The molecule has 0 heterocycles. The van der Waals surface area contributed by atoms with Gasteiger partial charge >= 0.3 is 6.09 Å². The molecule has 0 saturated heterocycles. The van der Waals surface area contributed by atoms with Gasteiger partial charge in [0.2, 0.25) is 6.54 Å². The van der Waals surface area contributed by atoms with E-state index in [1.54, 1.807) is 7.05 Å². The molecule has 0 radical (unpaired) electrons. The first kappa shape index (κ1) is 13.0. The number of carbonyl (C=O) groups is 1. The molecule has 0 aromatic heterocycles. The van der Waals surface area contributed by atoms with Crippen molar-refractivity contribution in [2.75, 3.05) is 13.6 Å². The highest BCUT2D eigenvalue weighted by Crippen LogP contribution is 2.04. The van der Waals surface area contributed by atoms with E-state index in [2.05, 4.69) is 4.85 Å². The normalized spacial score (nSPS) is 11.4. The standard InChI is InChI=1S/C13H16N2O2/c1-11(9-14-2)15(3)13(16)17-10-12-7-5-4-6-8-12/h4-8,11H,9-10H2,1,3H3. The van der Waals surface area contributed by atoms with Gasteiger partial charge in [0.25, 0.3) is 0 Å². The van der Waals surface area contributed by atoms with Crippen molar-refractivity contribution in [3.63, 3.8) is 0 Å². The van der Waals surface area contributed by atoms with Crippen LogP contribution in [0.25, 0.3) is 4.85 Å². The van der Waals surface area contributed by atoms with E-state index in [-0.39, 0.29) is 19.2 Å². The van der Waals surface area contributed by atoms with E-state index < -0.39 is 6.09 Å². The summed E-state index contributed by atoms with van der Waals surface area (Å²) in [4.78, 5) is 16.3. The number of nitrogens with zero attached hydrogens (tertiary/aromatic N) is 2. The van der Waals surface area contributed by atoms with Crippen LogP contribution in [0, 0.1) is 6.57 Å². The molecule has 1 rings (SSSR count). The molecule has 90 valence electrons. The van der Waals surface area contributed by atoms with Crippen LogP contribution in [0.3, 0.4) is 0 Å². The fraction of sp³-hybridized carbons (Fsp3) is 0.385. The lowest BCUT2D eigenvalue weighted by Gasteiger charge is -2.20. The Hall–Kier alpha value is -2.02. The molecule has 0 aliphatic carbocycles. The lowest BCUT2D eigenvalue weighted by molar-refractivity contribution is 0.0955. The lowest BCUT2D eigenvalue weighted by Crippen LogP contribution is -2.36. The predicted molar refractivity (Wildman–Crippen MR) is 65.3 cm³/mol. The number of carbonyl (C=O) groups excluding carboxylic acids is 1. The van der Waals surface area contributed by atoms with Crippen molar-refractivity contribution in [2.24, 2.45) is 0 Å². The highest BCUT2D eigenvalue weighted by molar-refractivity contribution is 5.67. The topological polar surface area (TPSA) is 33.9 Å². The Kier molecular flexibility index (Phi) is 5.02. The molecule has 0 spiro atoms. The van der Waals surface area contributed by atoms with Crippen molar-refractivity contribution in [2.45, 2.75) is 19.6 Å². The van der Waals surface area contributed by atoms with Crippen LogP contribution in [0.2, 0.25) is 0 Å². The maximum absolute atomic E-state index is 11.6. The van der Waals surface area contributed by atoms with Gasteiger partial charge in [0.15, 0.2) is 0 Å². The molecule has 1 amide bonds. The minimum absolute atomic E-state index is 0.129. The Morgan fingerprint density at radius 3 is 2.71 bits per heavy atom. The summed E-state index contributed by atoms with van der Waals surface area (Å²) in [5.74, 6) is 0. The van der Waals surface area contributed by atoms with E-state index >= 15 is 0 Å². The zero-order valence-corrected chi connectivity index (χ0v) is 10.1. The van der Waals surface area contributed by atoms with Gasteiger partial charge in [-0.25, -0.2) is 11.4 Å². The largest absolute Gasteiger partial charge is 0.445 e. The lowest BCUT2D eigenvalue weighted by atomic mass is 10.2. The third kappa shape index (κ3) is 4.15. The minimum Gasteiger partial charge on any atom is -0.445 e. The maximum atomic E-state index is 11.6. The van der Waals surface area contributed by atoms with Crippen LogP contribution in [0.15, 0.2) is 30.3 Å². The Morgan fingerprint density at radius 2 is 2.12 bits per heavy atom. The second-order valence-corrected chi connectivity index (χ2v) is 3.84. The summed E-state index contributed by atoms with van der Waals surface area (Å²) < 4.78 is 5.14. The maximum Gasteiger partial charge on any atom is 0.410 e. The van der Waals surface area contributed by atoms with Gasteiger partial charge in [-0.2, -0.15) is 0 Å². The highest BCUT2D eigenvalue weighted by atomic mass is 16.6. The molecule has 0 fully saturated rings.